The molecular formula is C21H21N3O3S. The molecule has 1 aromatic heterocycles. The fourth-order valence-electron chi connectivity index (χ4n) is 3.55. The Hall–Kier alpha value is -2.77. The largest absolute Gasteiger partial charge is 0.323 e. The van der Waals surface area contributed by atoms with Gasteiger partial charge >= 0.3 is 0 Å². The standard InChI is InChI=1S/C21H21N3O3S/c25-21(23-17-14-16-8-4-5-11-19(16)22-15-17)20-12-6-7-13-24(20)28(26,27)18-9-2-1-3-10-18/h1-5,8-11,14-15,20H,6-7,12-13H2,(H,23,25). The maximum Gasteiger partial charge on any atom is 0.243 e. The molecule has 4 rings (SSSR count). The molecule has 1 saturated heterocycles. The number of aromatic nitrogens is 1. The van der Waals surface area contributed by atoms with Gasteiger partial charge in [0, 0.05) is 11.9 Å². The van der Waals surface area contributed by atoms with Crippen LogP contribution in [0, 0.1) is 0 Å². The Labute approximate surface area is 164 Å². The molecule has 3 aromatic rings. The molecular weight excluding hydrogens is 374 g/mol. The van der Waals surface area contributed by atoms with E-state index in [1.807, 2.05) is 30.3 Å². The maximum absolute atomic E-state index is 13.1. The minimum atomic E-state index is -3.73. The summed E-state index contributed by atoms with van der Waals surface area (Å²) in [6.45, 7) is 0.339. The van der Waals surface area contributed by atoms with Crippen LogP contribution >= 0.6 is 0 Å². The zero-order valence-electron chi connectivity index (χ0n) is 15.3. The Kier molecular flexibility index (Phi) is 5.11. The Morgan fingerprint density at radius 1 is 1.04 bits per heavy atom. The monoisotopic (exact) mass is 395 g/mol. The molecule has 1 fully saturated rings. The molecule has 1 unspecified atom stereocenters. The zero-order chi connectivity index (χ0) is 19.6. The van der Waals surface area contributed by atoms with Gasteiger partial charge in [-0.15, -0.1) is 0 Å². The Balaban J connectivity index is 1.59. The minimum Gasteiger partial charge on any atom is -0.323 e. The summed E-state index contributed by atoms with van der Waals surface area (Å²) in [5.74, 6) is -0.323. The van der Waals surface area contributed by atoms with E-state index >= 15 is 0 Å². The number of nitrogens with one attached hydrogen (secondary N) is 1. The first-order valence-electron chi connectivity index (χ1n) is 9.28. The van der Waals surface area contributed by atoms with E-state index in [0.717, 1.165) is 23.7 Å². The van der Waals surface area contributed by atoms with E-state index in [-0.39, 0.29) is 10.8 Å². The molecule has 0 radical (unpaired) electrons. The average molecular weight is 395 g/mol. The molecule has 2 aromatic carbocycles. The first kappa shape index (κ1) is 18.6. The predicted octanol–water partition coefficient (Wildman–Crippen LogP) is 3.42. The molecule has 1 aliphatic heterocycles. The van der Waals surface area contributed by atoms with Crippen LogP contribution in [-0.2, 0) is 14.8 Å². The van der Waals surface area contributed by atoms with E-state index < -0.39 is 16.1 Å². The molecule has 1 N–H and O–H groups in total. The summed E-state index contributed by atoms with van der Waals surface area (Å²) in [6, 6.07) is 17.0. The fraction of sp³-hybridized carbons (Fsp3) is 0.238. The number of amides is 1. The summed E-state index contributed by atoms with van der Waals surface area (Å²) in [6.07, 6.45) is 3.65. The van der Waals surface area contributed by atoms with Gasteiger partial charge in [-0.3, -0.25) is 9.78 Å². The summed E-state index contributed by atoms with van der Waals surface area (Å²) in [5.41, 5.74) is 1.40. The number of carbonyl (C=O) groups is 1. The number of hydrogen-bond donors (Lipinski definition) is 1. The third kappa shape index (κ3) is 3.63. The highest BCUT2D eigenvalue weighted by atomic mass is 32.2. The number of anilines is 1. The van der Waals surface area contributed by atoms with Crippen molar-refractivity contribution < 1.29 is 13.2 Å². The smallest absolute Gasteiger partial charge is 0.243 e. The number of carbonyl (C=O) groups excluding carboxylic acids is 1. The summed E-state index contributed by atoms with van der Waals surface area (Å²) in [7, 11) is -3.73. The van der Waals surface area contributed by atoms with Crippen molar-refractivity contribution in [2.45, 2.75) is 30.2 Å². The molecule has 1 amide bonds. The van der Waals surface area contributed by atoms with Crippen LogP contribution in [0.15, 0.2) is 71.8 Å². The highest BCUT2D eigenvalue weighted by Gasteiger charge is 2.37. The van der Waals surface area contributed by atoms with Crippen LogP contribution in [0.4, 0.5) is 5.69 Å². The van der Waals surface area contributed by atoms with E-state index in [2.05, 4.69) is 10.3 Å². The molecule has 7 heteroatoms. The lowest BCUT2D eigenvalue weighted by molar-refractivity contribution is -0.120. The van der Waals surface area contributed by atoms with E-state index in [0.29, 0.717) is 18.7 Å². The molecule has 0 aliphatic carbocycles. The minimum absolute atomic E-state index is 0.210. The normalized spacial score (nSPS) is 18.1. The van der Waals surface area contributed by atoms with Crippen LogP contribution in [0.2, 0.25) is 0 Å². The van der Waals surface area contributed by atoms with Crippen molar-refractivity contribution >= 4 is 32.5 Å². The molecule has 2 heterocycles. The second-order valence-corrected chi connectivity index (χ2v) is 8.74. The number of nitrogens with zero attached hydrogens (tertiary/aromatic N) is 2. The van der Waals surface area contributed by atoms with Gasteiger partial charge in [-0.05, 0) is 37.1 Å². The maximum atomic E-state index is 13.1. The van der Waals surface area contributed by atoms with E-state index in [9.17, 15) is 13.2 Å². The van der Waals surface area contributed by atoms with Gasteiger partial charge in [-0.25, -0.2) is 8.42 Å². The van der Waals surface area contributed by atoms with Gasteiger partial charge in [-0.1, -0.05) is 42.8 Å². The quantitative estimate of drug-likeness (QED) is 0.734. The van der Waals surface area contributed by atoms with Gasteiger partial charge in [0.25, 0.3) is 0 Å². The summed E-state index contributed by atoms with van der Waals surface area (Å²) < 4.78 is 27.5. The van der Waals surface area contributed by atoms with Crippen LogP contribution in [0.25, 0.3) is 10.9 Å². The average Bonchev–Trinajstić information content (AvgIpc) is 2.74. The Morgan fingerprint density at radius 2 is 1.79 bits per heavy atom. The number of fused-ring (bicyclic) bond motifs is 1. The number of pyridine rings is 1. The summed E-state index contributed by atoms with van der Waals surface area (Å²) in [4.78, 5) is 17.5. The number of hydrogen-bond acceptors (Lipinski definition) is 4. The highest BCUT2D eigenvalue weighted by molar-refractivity contribution is 7.89. The van der Waals surface area contributed by atoms with Gasteiger partial charge in [0.05, 0.1) is 22.3 Å². The van der Waals surface area contributed by atoms with Crippen molar-refractivity contribution in [2.24, 2.45) is 0 Å². The lowest BCUT2D eigenvalue weighted by Crippen LogP contribution is -2.49. The molecule has 1 aliphatic rings. The molecule has 0 bridgehead atoms. The van der Waals surface area contributed by atoms with E-state index in [1.165, 1.54) is 4.31 Å². The predicted molar refractivity (Wildman–Crippen MR) is 108 cm³/mol. The first-order chi connectivity index (χ1) is 13.6. The molecule has 0 spiro atoms. The van der Waals surface area contributed by atoms with E-state index in [1.54, 1.807) is 36.5 Å². The van der Waals surface area contributed by atoms with Gasteiger partial charge in [-0.2, -0.15) is 4.31 Å². The molecule has 6 nitrogen and oxygen atoms in total. The second kappa shape index (κ2) is 7.69. The van der Waals surface area contributed by atoms with Crippen molar-refractivity contribution in [3.8, 4) is 0 Å². The SMILES string of the molecule is O=C(Nc1cnc2ccccc2c1)C1CCCCN1S(=O)(=O)c1ccccc1. The summed E-state index contributed by atoms with van der Waals surface area (Å²) >= 11 is 0. The number of para-hydroxylation sites is 1. The van der Waals surface area contributed by atoms with Gasteiger partial charge in [0.15, 0.2) is 0 Å². The van der Waals surface area contributed by atoms with Crippen molar-refractivity contribution in [1.29, 1.82) is 0 Å². The van der Waals surface area contributed by atoms with Gasteiger partial charge < -0.3 is 5.32 Å². The number of benzene rings is 2. The van der Waals surface area contributed by atoms with E-state index in [4.69, 9.17) is 0 Å². The molecule has 0 saturated carbocycles. The topological polar surface area (TPSA) is 79.4 Å². The van der Waals surface area contributed by atoms with Crippen LogP contribution in [0.1, 0.15) is 19.3 Å². The first-order valence-corrected chi connectivity index (χ1v) is 10.7. The number of sulfonamides is 1. The zero-order valence-corrected chi connectivity index (χ0v) is 16.1. The fourth-order valence-corrected chi connectivity index (χ4v) is 5.23. The van der Waals surface area contributed by atoms with Gasteiger partial charge in [0.2, 0.25) is 15.9 Å². The van der Waals surface area contributed by atoms with Crippen molar-refractivity contribution in [3.05, 3.63) is 66.9 Å². The Morgan fingerprint density at radius 3 is 2.61 bits per heavy atom. The number of rotatable bonds is 4. The van der Waals surface area contributed by atoms with Crippen molar-refractivity contribution in [1.82, 2.24) is 9.29 Å². The van der Waals surface area contributed by atoms with Crippen LogP contribution in [0.5, 0.6) is 0 Å². The second-order valence-electron chi connectivity index (χ2n) is 6.85. The molecule has 1 atom stereocenters. The molecule has 28 heavy (non-hydrogen) atoms. The number of piperidine rings is 1. The third-order valence-corrected chi connectivity index (χ3v) is 6.89. The lowest BCUT2D eigenvalue weighted by atomic mass is 10.0. The summed E-state index contributed by atoms with van der Waals surface area (Å²) in [5, 5.41) is 3.76. The Bertz CT molecular complexity index is 1100. The third-order valence-electron chi connectivity index (χ3n) is 4.96. The van der Waals surface area contributed by atoms with Crippen LogP contribution < -0.4 is 5.32 Å². The van der Waals surface area contributed by atoms with Crippen LogP contribution in [-0.4, -0.2) is 36.2 Å². The van der Waals surface area contributed by atoms with Crippen molar-refractivity contribution in [3.63, 3.8) is 0 Å². The van der Waals surface area contributed by atoms with Crippen LogP contribution in [0.3, 0.4) is 0 Å². The van der Waals surface area contributed by atoms with Crippen molar-refractivity contribution in [2.75, 3.05) is 11.9 Å². The molecule has 144 valence electrons. The highest BCUT2D eigenvalue weighted by Crippen LogP contribution is 2.26. The lowest BCUT2D eigenvalue weighted by Gasteiger charge is -2.33. The van der Waals surface area contributed by atoms with Gasteiger partial charge in [0.1, 0.15) is 6.04 Å².